The summed E-state index contributed by atoms with van der Waals surface area (Å²) in [4.78, 5) is 0. The Hall–Kier alpha value is -1.49. The Kier molecular flexibility index (Phi) is 2.40. The molecule has 80 valence electrons. The van der Waals surface area contributed by atoms with Crippen molar-refractivity contribution in [3.05, 3.63) is 30.0 Å². The van der Waals surface area contributed by atoms with Crippen molar-refractivity contribution in [3.63, 3.8) is 0 Å². The van der Waals surface area contributed by atoms with Crippen LogP contribution in [0.1, 0.15) is 11.8 Å². The molecule has 1 heterocycles. The lowest BCUT2D eigenvalue weighted by Gasteiger charge is -2.05. The molecule has 0 saturated heterocycles. The topological polar surface area (TPSA) is 38.0 Å². The Morgan fingerprint density at radius 3 is 2.67 bits per heavy atom. The molecule has 0 aliphatic heterocycles. The summed E-state index contributed by atoms with van der Waals surface area (Å²) in [6.07, 6.45) is -4.64. The van der Waals surface area contributed by atoms with Crippen LogP contribution in [-0.4, -0.2) is 21.3 Å². The molecule has 5 heteroatoms. The van der Waals surface area contributed by atoms with Gasteiger partial charge in [-0.25, -0.2) is 8.78 Å². The second-order valence-electron chi connectivity index (χ2n) is 3.31. The molecular formula is C10H10F2N2O. The fourth-order valence-electron chi connectivity index (χ4n) is 1.58. The van der Waals surface area contributed by atoms with Gasteiger partial charge in [-0.15, -0.1) is 0 Å². The lowest BCUT2D eigenvalue weighted by Crippen LogP contribution is -2.09. The molecule has 0 saturated carbocycles. The molecule has 1 N–H and O–H groups in total. The molecule has 1 unspecified atom stereocenters. The predicted octanol–water partition coefficient (Wildman–Crippen LogP) is 1.87. The molecule has 0 aliphatic carbocycles. The van der Waals surface area contributed by atoms with E-state index in [-0.39, 0.29) is 5.69 Å². The molecule has 0 radical (unpaired) electrons. The van der Waals surface area contributed by atoms with E-state index in [0.717, 1.165) is 5.52 Å². The predicted molar refractivity (Wildman–Crippen MR) is 51.7 cm³/mol. The van der Waals surface area contributed by atoms with E-state index in [1.54, 1.807) is 31.3 Å². The number of alkyl halides is 2. The highest BCUT2D eigenvalue weighted by molar-refractivity contribution is 5.82. The first-order valence-corrected chi connectivity index (χ1v) is 4.49. The first kappa shape index (κ1) is 10.0. The van der Waals surface area contributed by atoms with Crippen molar-refractivity contribution in [3.8, 4) is 0 Å². The summed E-state index contributed by atoms with van der Waals surface area (Å²) in [5.74, 6) is 0. The summed E-state index contributed by atoms with van der Waals surface area (Å²) in [5.41, 5.74) is 0.760. The minimum atomic E-state index is -2.82. The van der Waals surface area contributed by atoms with Gasteiger partial charge in [0, 0.05) is 12.4 Å². The molecule has 1 aromatic carbocycles. The third-order valence-electron chi connectivity index (χ3n) is 2.31. The van der Waals surface area contributed by atoms with Crippen LogP contribution in [0.5, 0.6) is 0 Å². The smallest absolute Gasteiger partial charge is 0.269 e. The zero-order valence-corrected chi connectivity index (χ0v) is 8.06. The summed E-state index contributed by atoms with van der Waals surface area (Å²) in [5, 5.41) is 13.7. The van der Waals surface area contributed by atoms with Crippen molar-refractivity contribution in [2.24, 2.45) is 7.05 Å². The van der Waals surface area contributed by atoms with E-state index >= 15 is 0 Å². The van der Waals surface area contributed by atoms with Crippen LogP contribution in [0.25, 0.3) is 10.9 Å². The van der Waals surface area contributed by atoms with Crippen molar-refractivity contribution < 1.29 is 13.9 Å². The van der Waals surface area contributed by atoms with Gasteiger partial charge in [-0.3, -0.25) is 4.68 Å². The second kappa shape index (κ2) is 3.58. The number of aliphatic hydroxyl groups excluding tert-OH is 1. The van der Waals surface area contributed by atoms with Gasteiger partial charge in [0.25, 0.3) is 6.43 Å². The summed E-state index contributed by atoms with van der Waals surface area (Å²) < 4.78 is 26.2. The van der Waals surface area contributed by atoms with Gasteiger partial charge in [0.1, 0.15) is 5.69 Å². The summed E-state index contributed by atoms with van der Waals surface area (Å²) in [6.45, 7) is 0. The number of para-hydroxylation sites is 1. The van der Waals surface area contributed by atoms with Gasteiger partial charge >= 0.3 is 0 Å². The molecule has 2 rings (SSSR count). The first-order chi connectivity index (χ1) is 7.11. The fourth-order valence-corrected chi connectivity index (χ4v) is 1.58. The van der Waals surface area contributed by atoms with Crippen molar-refractivity contribution in [2.45, 2.75) is 12.5 Å². The van der Waals surface area contributed by atoms with E-state index in [2.05, 4.69) is 5.10 Å². The first-order valence-electron chi connectivity index (χ1n) is 4.49. The monoisotopic (exact) mass is 212 g/mol. The highest BCUT2D eigenvalue weighted by atomic mass is 19.3. The number of halogens is 2. The lowest BCUT2D eigenvalue weighted by molar-refractivity contribution is -0.00769. The Labute approximate surface area is 84.9 Å². The van der Waals surface area contributed by atoms with E-state index in [0.29, 0.717) is 5.39 Å². The molecular weight excluding hydrogens is 202 g/mol. The van der Waals surface area contributed by atoms with Gasteiger partial charge < -0.3 is 5.11 Å². The van der Waals surface area contributed by atoms with Crippen LogP contribution in [0.4, 0.5) is 8.78 Å². The maximum absolute atomic E-state index is 12.4. The second-order valence-corrected chi connectivity index (χ2v) is 3.31. The highest BCUT2D eigenvalue weighted by Gasteiger charge is 2.24. The summed E-state index contributed by atoms with van der Waals surface area (Å²) in [6, 6.07) is 6.96. The zero-order valence-electron chi connectivity index (χ0n) is 8.06. The number of rotatable bonds is 2. The van der Waals surface area contributed by atoms with Crippen LogP contribution in [0, 0.1) is 0 Å². The number of nitrogens with zero attached hydrogens (tertiary/aromatic N) is 2. The number of aryl methyl sites for hydroxylation is 1. The van der Waals surface area contributed by atoms with E-state index in [1.807, 2.05) is 0 Å². The third-order valence-corrected chi connectivity index (χ3v) is 2.31. The molecule has 3 nitrogen and oxygen atoms in total. The summed E-state index contributed by atoms with van der Waals surface area (Å²) in [7, 11) is 1.66. The molecule has 1 aromatic heterocycles. The maximum Gasteiger partial charge on any atom is 0.269 e. The normalized spacial score (nSPS) is 13.7. The number of hydrogen-bond acceptors (Lipinski definition) is 2. The van der Waals surface area contributed by atoms with Gasteiger partial charge in [0.2, 0.25) is 0 Å². The average molecular weight is 212 g/mol. The molecule has 2 aromatic rings. The van der Waals surface area contributed by atoms with Gasteiger partial charge in [-0.1, -0.05) is 18.2 Å². The third kappa shape index (κ3) is 1.59. The minimum absolute atomic E-state index is 0.0306. The molecule has 15 heavy (non-hydrogen) atoms. The SMILES string of the molecule is Cn1nc(C(O)C(F)F)c2ccccc21. The van der Waals surface area contributed by atoms with E-state index in [1.165, 1.54) is 4.68 Å². The van der Waals surface area contributed by atoms with Gasteiger partial charge in [-0.05, 0) is 6.07 Å². The number of aromatic nitrogens is 2. The number of fused-ring (bicyclic) bond motifs is 1. The molecule has 0 bridgehead atoms. The standard InChI is InChI=1S/C10H10F2N2O/c1-14-7-5-3-2-4-6(7)8(13-14)9(15)10(11)12/h2-5,9-10,15H,1H3. The molecule has 1 atom stereocenters. The van der Waals surface area contributed by atoms with Crippen LogP contribution in [-0.2, 0) is 7.05 Å². The number of hydrogen-bond donors (Lipinski definition) is 1. The van der Waals surface area contributed by atoms with Crippen LogP contribution in [0.15, 0.2) is 24.3 Å². The van der Waals surface area contributed by atoms with Crippen LogP contribution in [0.3, 0.4) is 0 Å². The summed E-state index contributed by atoms with van der Waals surface area (Å²) >= 11 is 0. The average Bonchev–Trinajstić information content (AvgIpc) is 2.56. The Bertz CT molecular complexity index is 481. The molecule has 0 amide bonds. The minimum Gasteiger partial charge on any atom is -0.381 e. The molecule has 0 fully saturated rings. The molecule has 0 aliphatic rings. The van der Waals surface area contributed by atoms with Crippen molar-refractivity contribution in [2.75, 3.05) is 0 Å². The lowest BCUT2D eigenvalue weighted by atomic mass is 10.1. The molecule has 0 spiro atoms. The maximum atomic E-state index is 12.4. The van der Waals surface area contributed by atoms with Crippen LogP contribution >= 0.6 is 0 Å². The number of aliphatic hydroxyl groups is 1. The Morgan fingerprint density at radius 1 is 1.33 bits per heavy atom. The van der Waals surface area contributed by atoms with E-state index in [9.17, 15) is 13.9 Å². The fraction of sp³-hybridized carbons (Fsp3) is 0.300. The van der Waals surface area contributed by atoms with Crippen molar-refractivity contribution >= 4 is 10.9 Å². The van der Waals surface area contributed by atoms with E-state index in [4.69, 9.17) is 0 Å². The van der Waals surface area contributed by atoms with Crippen LogP contribution < -0.4 is 0 Å². The highest BCUT2D eigenvalue weighted by Crippen LogP contribution is 2.26. The van der Waals surface area contributed by atoms with Crippen molar-refractivity contribution in [1.29, 1.82) is 0 Å². The quantitative estimate of drug-likeness (QED) is 0.825. The van der Waals surface area contributed by atoms with E-state index < -0.39 is 12.5 Å². The number of benzene rings is 1. The zero-order chi connectivity index (χ0) is 11.0. The van der Waals surface area contributed by atoms with Crippen LogP contribution in [0.2, 0.25) is 0 Å². The Morgan fingerprint density at radius 2 is 2.00 bits per heavy atom. The van der Waals surface area contributed by atoms with Crippen molar-refractivity contribution in [1.82, 2.24) is 9.78 Å². The van der Waals surface area contributed by atoms with Gasteiger partial charge in [0.15, 0.2) is 6.10 Å². The van der Waals surface area contributed by atoms with Gasteiger partial charge in [0.05, 0.1) is 5.52 Å². The van der Waals surface area contributed by atoms with Gasteiger partial charge in [-0.2, -0.15) is 5.10 Å². The largest absolute Gasteiger partial charge is 0.381 e. The Balaban J connectivity index is 2.62.